The Bertz CT molecular complexity index is 448. The lowest BCUT2D eigenvalue weighted by Gasteiger charge is -2.36. The summed E-state index contributed by atoms with van der Waals surface area (Å²) in [6, 6.07) is 9.10. The minimum atomic E-state index is -0.217. The molecular formula is C17H22O2. The maximum Gasteiger partial charge on any atom is 0.168 e. The molecule has 2 saturated carbocycles. The van der Waals surface area contributed by atoms with Gasteiger partial charge in [0.2, 0.25) is 0 Å². The van der Waals surface area contributed by atoms with Crippen LogP contribution in [0.4, 0.5) is 0 Å². The molecule has 19 heavy (non-hydrogen) atoms. The van der Waals surface area contributed by atoms with Gasteiger partial charge in [0.15, 0.2) is 5.79 Å². The van der Waals surface area contributed by atoms with E-state index in [0.717, 1.165) is 37.9 Å². The van der Waals surface area contributed by atoms with Gasteiger partial charge in [-0.05, 0) is 48.6 Å². The fraction of sp³-hybridized carbons (Fsp3) is 0.647. The van der Waals surface area contributed by atoms with Gasteiger partial charge in [-0.25, -0.2) is 0 Å². The average molecular weight is 258 g/mol. The molecule has 3 fully saturated rings. The third-order valence-electron chi connectivity index (χ3n) is 5.01. The molecule has 102 valence electrons. The number of hydrogen-bond donors (Lipinski definition) is 0. The summed E-state index contributed by atoms with van der Waals surface area (Å²) in [6.45, 7) is 1.56. The summed E-state index contributed by atoms with van der Waals surface area (Å²) in [5.74, 6) is 1.35. The third-order valence-corrected chi connectivity index (χ3v) is 5.01. The van der Waals surface area contributed by atoms with Gasteiger partial charge < -0.3 is 9.47 Å². The van der Waals surface area contributed by atoms with Gasteiger partial charge in [-0.2, -0.15) is 0 Å². The zero-order chi connectivity index (χ0) is 12.7. The first-order chi connectivity index (χ1) is 9.36. The Morgan fingerprint density at radius 2 is 1.32 bits per heavy atom. The van der Waals surface area contributed by atoms with Gasteiger partial charge >= 0.3 is 0 Å². The van der Waals surface area contributed by atoms with Crippen molar-refractivity contribution in [2.24, 2.45) is 0 Å². The topological polar surface area (TPSA) is 18.5 Å². The van der Waals surface area contributed by atoms with Crippen LogP contribution < -0.4 is 0 Å². The highest BCUT2D eigenvalue weighted by atomic mass is 16.7. The van der Waals surface area contributed by atoms with E-state index in [1.54, 1.807) is 11.1 Å². The first-order valence-corrected chi connectivity index (χ1v) is 7.73. The highest BCUT2D eigenvalue weighted by Gasteiger charge is 2.41. The molecule has 2 nitrogen and oxygen atoms in total. The van der Waals surface area contributed by atoms with Crippen molar-refractivity contribution < 1.29 is 9.47 Å². The van der Waals surface area contributed by atoms with E-state index in [2.05, 4.69) is 24.3 Å². The third kappa shape index (κ3) is 2.21. The van der Waals surface area contributed by atoms with Crippen molar-refractivity contribution in [1.29, 1.82) is 0 Å². The van der Waals surface area contributed by atoms with Crippen molar-refractivity contribution in [3.8, 4) is 0 Å². The van der Waals surface area contributed by atoms with Crippen molar-refractivity contribution >= 4 is 0 Å². The van der Waals surface area contributed by atoms with Crippen LogP contribution in [0.15, 0.2) is 24.3 Å². The maximum absolute atomic E-state index is 5.83. The molecule has 0 unspecified atom stereocenters. The predicted molar refractivity (Wildman–Crippen MR) is 74.3 cm³/mol. The Balaban J connectivity index is 1.52. The lowest BCUT2D eigenvalue weighted by molar-refractivity contribution is -0.178. The monoisotopic (exact) mass is 258 g/mol. The molecule has 2 heteroatoms. The van der Waals surface area contributed by atoms with Gasteiger partial charge in [0, 0.05) is 12.8 Å². The summed E-state index contributed by atoms with van der Waals surface area (Å²) >= 11 is 0. The Kier molecular flexibility index (Phi) is 2.89. The summed E-state index contributed by atoms with van der Waals surface area (Å²) in [4.78, 5) is 0. The van der Waals surface area contributed by atoms with Crippen LogP contribution >= 0.6 is 0 Å². The maximum atomic E-state index is 5.83. The molecule has 1 aromatic carbocycles. The second-order valence-electron chi connectivity index (χ2n) is 6.29. The van der Waals surface area contributed by atoms with Gasteiger partial charge in [0.25, 0.3) is 0 Å². The summed E-state index contributed by atoms with van der Waals surface area (Å²) in [5, 5.41) is 0. The summed E-state index contributed by atoms with van der Waals surface area (Å²) < 4.78 is 11.7. The molecule has 0 amide bonds. The second-order valence-corrected chi connectivity index (χ2v) is 6.29. The first-order valence-electron chi connectivity index (χ1n) is 7.73. The van der Waals surface area contributed by atoms with Crippen LogP contribution in [0, 0.1) is 0 Å². The van der Waals surface area contributed by atoms with E-state index in [0.29, 0.717) is 0 Å². The normalized spacial score (nSPS) is 26.9. The predicted octanol–water partition coefficient (Wildman–Crippen LogP) is 3.96. The van der Waals surface area contributed by atoms with Crippen molar-refractivity contribution in [2.75, 3.05) is 13.2 Å². The Labute approximate surface area is 115 Å². The van der Waals surface area contributed by atoms with E-state index in [1.807, 2.05) is 0 Å². The molecule has 1 saturated heterocycles. The van der Waals surface area contributed by atoms with Gasteiger partial charge in [-0.3, -0.25) is 0 Å². The molecular weight excluding hydrogens is 236 g/mol. The summed E-state index contributed by atoms with van der Waals surface area (Å²) in [7, 11) is 0. The van der Waals surface area contributed by atoms with E-state index in [4.69, 9.17) is 9.47 Å². The second kappa shape index (κ2) is 4.60. The molecule has 1 heterocycles. The Morgan fingerprint density at radius 1 is 0.789 bits per heavy atom. The fourth-order valence-electron chi connectivity index (χ4n) is 3.80. The van der Waals surface area contributed by atoms with Crippen LogP contribution in [0.1, 0.15) is 61.5 Å². The SMILES string of the molecule is c1ccc(C2CCC3(CC2)OCCO3)c(C2CC2)c1. The largest absolute Gasteiger partial charge is 0.348 e. The number of rotatable bonds is 2. The molecule has 0 bridgehead atoms. The fourth-order valence-corrected chi connectivity index (χ4v) is 3.80. The number of ether oxygens (including phenoxy) is 2. The van der Waals surface area contributed by atoms with Crippen LogP contribution in [0.3, 0.4) is 0 Å². The quantitative estimate of drug-likeness (QED) is 0.799. The molecule has 1 aliphatic heterocycles. The van der Waals surface area contributed by atoms with Crippen LogP contribution in [-0.2, 0) is 9.47 Å². The molecule has 0 aromatic heterocycles. The first kappa shape index (κ1) is 11.9. The van der Waals surface area contributed by atoms with Crippen molar-refractivity contribution in [2.45, 2.75) is 56.1 Å². The van der Waals surface area contributed by atoms with Gasteiger partial charge in [0.05, 0.1) is 13.2 Å². The van der Waals surface area contributed by atoms with Gasteiger partial charge in [-0.15, -0.1) is 0 Å². The molecule has 1 aromatic rings. The van der Waals surface area contributed by atoms with E-state index < -0.39 is 0 Å². The Morgan fingerprint density at radius 3 is 1.84 bits per heavy atom. The van der Waals surface area contributed by atoms with E-state index in [9.17, 15) is 0 Å². The molecule has 1 spiro atoms. The highest BCUT2D eigenvalue weighted by Crippen LogP contribution is 2.48. The lowest BCUT2D eigenvalue weighted by Crippen LogP contribution is -2.34. The zero-order valence-electron chi connectivity index (χ0n) is 11.4. The smallest absolute Gasteiger partial charge is 0.168 e. The average Bonchev–Trinajstić information content (AvgIpc) is 3.22. The van der Waals surface area contributed by atoms with Gasteiger partial charge in [0.1, 0.15) is 0 Å². The van der Waals surface area contributed by atoms with E-state index in [1.165, 1.54) is 25.7 Å². The Hall–Kier alpha value is -0.860. The van der Waals surface area contributed by atoms with Crippen LogP contribution in [0.2, 0.25) is 0 Å². The number of hydrogen-bond acceptors (Lipinski definition) is 2. The lowest BCUT2D eigenvalue weighted by atomic mass is 9.79. The van der Waals surface area contributed by atoms with E-state index >= 15 is 0 Å². The van der Waals surface area contributed by atoms with Crippen molar-refractivity contribution in [3.05, 3.63) is 35.4 Å². The zero-order valence-corrected chi connectivity index (χ0v) is 11.4. The van der Waals surface area contributed by atoms with Crippen molar-refractivity contribution in [3.63, 3.8) is 0 Å². The standard InChI is InChI=1S/C17H22O2/c1-2-4-16(15(3-1)13-5-6-13)14-7-9-17(10-8-14)18-11-12-19-17/h1-4,13-14H,5-12H2. The van der Waals surface area contributed by atoms with Crippen molar-refractivity contribution in [1.82, 2.24) is 0 Å². The van der Waals surface area contributed by atoms with E-state index in [-0.39, 0.29) is 5.79 Å². The molecule has 4 rings (SSSR count). The number of benzene rings is 1. The molecule has 0 radical (unpaired) electrons. The molecule has 0 N–H and O–H groups in total. The molecule has 3 aliphatic rings. The van der Waals surface area contributed by atoms with Gasteiger partial charge in [-0.1, -0.05) is 24.3 Å². The van der Waals surface area contributed by atoms with Crippen LogP contribution in [-0.4, -0.2) is 19.0 Å². The summed E-state index contributed by atoms with van der Waals surface area (Å²) in [6.07, 6.45) is 7.33. The minimum absolute atomic E-state index is 0.217. The van der Waals surface area contributed by atoms with Crippen LogP contribution in [0.25, 0.3) is 0 Å². The molecule has 0 atom stereocenters. The minimum Gasteiger partial charge on any atom is -0.348 e. The molecule has 2 aliphatic carbocycles. The summed E-state index contributed by atoms with van der Waals surface area (Å²) in [5.41, 5.74) is 3.23. The van der Waals surface area contributed by atoms with Crippen LogP contribution in [0.5, 0.6) is 0 Å². The highest BCUT2D eigenvalue weighted by molar-refractivity contribution is 5.36.